The average Bonchev–Trinajstić information content (AvgIpc) is 3.45. The van der Waals surface area contributed by atoms with Crippen LogP contribution in [-0.4, -0.2) is 15.0 Å². The number of rotatable bonds is 4. The largest absolute Gasteiger partial charge is 0.208 e. The monoisotopic (exact) mass is 618 g/mol. The highest BCUT2D eigenvalue weighted by Gasteiger charge is 2.63. The van der Waals surface area contributed by atoms with Crippen LogP contribution in [0.4, 0.5) is 0 Å². The van der Waals surface area contributed by atoms with Crippen molar-refractivity contribution in [2.75, 3.05) is 0 Å². The van der Waals surface area contributed by atoms with Crippen molar-refractivity contribution in [1.82, 2.24) is 15.0 Å². The normalized spacial score (nSPS) is 24.3. The zero-order valence-corrected chi connectivity index (χ0v) is 26.7. The van der Waals surface area contributed by atoms with E-state index in [-0.39, 0.29) is 5.41 Å². The Balaban J connectivity index is 1.26. The fraction of sp³-hybridized carbons (Fsp3) is 0.227. The van der Waals surface area contributed by atoms with Crippen molar-refractivity contribution in [2.24, 2.45) is 23.7 Å². The molecule has 1 aromatic heterocycles. The number of nitrogens with zero attached hydrogens (tertiary/aromatic N) is 4. The molecule has 5 aliphatic carbocycles. The van der Waals surface area contributed by atoms with Gasteiger partial charge in [0.15, 0.2) is 17.5 Å². The molecule has 0 radical (unpaired) electrons. The highest BCUT2D eigenvalue weighted by molar-refractivity contribution is 5.93. The topological polar surface area (TPSA) is 62.5 Å². The molecule has 4 fully saturated rings. The quantitative estimate of drug-likeness (QED) is 0.197. The predicted molar refractivity (Wildman–Crippen MR) is 190 cm³/mol. The van der Waals surface area contributed by atoms with Gasteiger partial charge in [0.25, 0.3) is 0 Å². The van der Waals surface area contributed by atoms with Crippen LogP contribution in [0, 0.1) is 35.0 Å². The minimum atomic E-state index is -0.119. The lowest BCUT2D eigenvalue weighted by Gasteiger charge is -2.61. The van der Waals surface area contributed by atoms with E-state index in [1.165, 1.54) is 65.5 Å². The second-order valence-corrected chi connectivity index (χ2v) is 14.4. The molecule has 1 spiro atoms. The number of nitriles is 1. The standard InChI is InChI=1S/C44H34N4/c45-26-27-17-19-30(20-18-27)35-13-7-14-36-37-15-8-16-38(40(37)44(39(35)36)33-22-28-21-29(24-33)25-34(44)23-28)43-47-41(31-9-3-1-4-10-31)46-42(48-43)32-11-5-2-6-12-32/h1-20,28-29,33-34H,21-25H2. The molecule has 4 heteroatoms. The Morgan fingerprint density at radius 2 is 0.938 bits per heavy atom. The van der Waals surface area contributed by atoms with Gasteiger partial charge < -0.3 is 0 Å². The Morgan fingerprint density at radius 3 is 1.48 bits per heavy atom. The van der Waals surface area contributed by atoms with E-state index in [1.807, 2.05) is 48.5 Å². The summed E-state index contributed by atoms with van der Waals surface area (Å²) in [6.45, 7) is 0. The van der Waals surface area contributed by atoms with Crippen molar-refractivity contribution >= 4 is 0 Å². The highest BCUT2D eigenvalue weighted by atomic mass is 15.0. The van der Waals surface area contributed by atoms with Crippen LogP contribution in [0.1, 0.15) is 48.8 Å². The Bertz CT molecular complexity index is 2160. The summed E-state index contributed by atoms with van der Waals surface area (Å²) in [6.07, 6.45) is 6.52. The Kier molecular flexibility index (Phi) is 6.09. The van der Waals surface area contributed by atoms with E-state index < -0.39 is 0 Å². The first kappa shape index (κ1) is 27.7. The fourth-order valence-electron chi connectivity index (χ4n) is 10.4. The number of aromatic nitrogens is 3. The molecule has 230 valence electrons. The first-order chi connectivity index (χ1) is 23.7. The maximum Gasteiger partial charge on any atom is 0.164 e. The lowest BCUT2D eigenvalue weighted by Crippen LogP contribution is -2.55. The summed E-state index contributed by atoms with van der Waals surface area (Å²) in [5.41, 5.74) is 11.8. The first-order valence-electron chi connectivity index (χ1n) is 17.4. The molecule has 0 aliphatic heterocycles. The molecule has 4 bridgehead atoms. The molecule has 4 saturated carbocycles. The van der Waals surface area contributed by atoms with Crippen molar-refractivity contribution in [1.29, 1.82) is 5.26 Å². The fourth-order valence-corrected chi connectivity index (χ4v) is 10.4. The number of benzene rings is 5. The van der Waals surface area contributed by atoms with Gasteiger partial charge in [-0.3, -0.25) is 0 Å². The van der Waals surface area contributed by atoms with E-state index in [0.717, 1.165) is 34.4 Å². The lowest BCUT2D eigenvalue weighted by molar-refractivity contribution is -0.0395. The van der Waals surface area contributed by atoms with Crippen LogP contribution in [-0.2, 0) is 5.41 Å². The van der Waals surface area contributed by atoms with Crippen molar-refractivity contribution in [3.63, 3.8) is 0 Å². The molecule has 0 amide bonds. The van der Waals surface area contributed by atoms with Gasteiger partial charge in [-0.1, -0.05) is 109 Å². The molecule has 0 saturated heterocycles. The van der Waals surface area contributed by atoms with Gasteiger partial charge >= 0.3 is 0 Å². The molecule has 4 nitrogen and oxygen atoms in total. The van der Waals surface area contributed by atoms with Crippen molar-refractivity contribution in [3.05, 3.63) is 138 Å². The Labute approximate surface area is 281 Å². The van der Waals surface area contributed by atoms with Gasteiger partial charge in [0.05, 0.1) is 11.6 Å². The smallest absolute Gasteiger partial charge is 0.164 e. The molecule has 0 atom stereocenters. The van der Waals surface area contributed by atoms with E-state index in [2.05, 4.69) is 78.9 Å². The summed E-state index contributed by atoms with van der Waals surface area (Å²) in [6, 6.07) is 44.9. The molecule has 5 aromatic carbocycles. The number of fused-ring (bicyclic) bond motifs is 3. The van der Waals surface area contributed by atoms with E-state index >= 15 is 0 Å². The van der Waals surface area contributed by atoms with Crippen LogP contribution in [0.5, 0.6) is 0 Å². The first-order valence-corrected chi connectivity index (χ1v) is 17.4. The zero-order valence-electron chi connectivity index (χ0n) is 26.7. The zero-order chi connectivity index (χ0) is 31.8. The van der Waals surface area contributed by atoms with Gasteiger partial charge in [0.1, 0.15) is 0 Å². The van der Waals surface area contributed by atoms with Gasteiger partial charge in [0.2, 0.25) is 0 Å². The minimum absolute atomic E-state index is 0.119. The summed E-state index contributed by atoms with van der Waals surface area (Å²) in [7, 11) is 0. The summed E-state index contributed by atoms with van der Waals surface area (Å²) in [4.78, 5) is 15.6. The van der Waals surface area contributed by atoms with Crippen molar-refractivity contribution < 1.29 is 0 Å². The number of hydrogen-bond donors (Lipinski definition) is 0. The molecule has 48 heavy (non-hydrogen) atoms. The third-order valence-corrected chi connectivity index (χ3v) is 11.9. The van der Waals surface area contributed by atoms with E-state index in [0.29, 0.717) is 29.0 Å². The highest BCUT2D eigenvalue weighted by Crippen LogP contribution is 2.71. The minimum Gasteiger partial charge on any atom is -0.208 e. The molecular formula is C44H34N4. The van der Waals surface area contributed by atoms with Gasteiger partial charge in [-0.25, -0.2) is 15.0 Å². The van der Waals surface area contributed by atoms with Crippen LogP contribution in [0.2, 0.25) is 0 Å². The Hall–Kier alpha value is -5.40. The molecule has 0 N–H and O–H groups in total. The average molecular weight is 619 g/mol. The summed E-state index contributed by atoms with van der Waals surface area (Å²) in [5, 5.41) is 9.57. The second kappa shape index (κ2) is 10.6. The summed E-state index contributed by atoms with van der Waals surface area (Å²) < 4.78 is 0. The van der Waals surface area contributed by atoms with Gasteiger partial charge in [-0.05, 0) is 101 Å². The van der Waals surface area contributed by atoms with Gasteiger partial charge in [-0.2, -0.15) is 5.26 Å². The molecule has 6 aromatic rings. The summed E-state index contributed by atoms with van der Waals surface area (Å²) >= 11 is 0. The van der Waals surface area contributed by atoms with E-state index in [9.17, 15) is 5.26 Å². The van der Waals surface area contributed by atoms with Crippen LogP contribution in [0.3, 0.4) is 0 Å². The van der Waals surface area contributed by atoms with Crippen LogP contribution >= 0.6 is 0 Å². The summed E-state index contributed by atoms with van der Waals surface area (Å²) in [5.74, 6) is 4.94. The maximum atomic E-state index is 9.57. The van der Waals surface area contributed by atoms with Crippen molar-refractivity contribution in [3.8, 4) is 62.5 Å². The predicted octanol–water partition coefficient (Wildman–Crippen LogP) is 10.1. The maximum absolute atomic E-state index is 9.57. The van der Waals surface area contributed by atoms with E-state index in [4.69, 9.17) is 15.0 Å². The van der Waals surface area contributed by atoms with Crippen molar-refractivity contribution in [2.45, 2.75) is 37.5 Å². The van der Waals surface area contributed by atoms with Gasteiger partial charge in [-0.15, -0.1) is 0 Å². The van der Waals surface area contributed by atoms with Crippen LogP contribution in [0.25, 0.3) is 56.4 Å². The SMILES string of the molecule is N#Cc1ccc(-c2cccc3c2C2(c4c(-c5nc(-c6ccccc6)nc(-c6ccccc6)n5)cccc4-3)C3CC4CC(C3)CC2C4)cc1. The van der Waals surface area contributed by atoms with Crippen LogP contribution < -0.4 is 0 Å². The third kappa shape index (κ3) is 3.97. The van der Waals surface area contributed by atoms with Gasteiger partial charge in [0, 0.05) is 22.1 Å². The lowest BCUT2D eigenvalue weighted by atomic mass is 9.42. The molecular weight excluding hydrogens is 585 g/mol. The second-order valence-electron chi connectivity index (χ2n) is 14.4. The molecule has 11 rings (SSSR count). The van der Waals surface area contributed by atoms with E-state index in [1.54, 1.807) is 0 Å². The van der Waals surface area contributed by atoms with Crippen LogP contribution in [0.15, 0.2) is 121 Å². The number of hydrogen-bond acceptors (Lipinski definition) is 4. The molecule has 0 unspecified atom stereocenters. The molecule has 1 heterocycles. The Morgan fingerprint density at radius 1 is 0.458 bits per heavy atom. The molecule has 5 aliphatic rings. The third-order valence-electron chi connectivity index (χ3n) is 11.9.